The van der Waals surface area contributed by atoms with Crippen molar-refractivity contribution >= 4 is 5.97 Å². The zero-order valence-electron chi connectivity index (χ0n) is 8.77. The minimum atomic E-state index is -0.380. The zero-order chi connectivity index (χ0) is 11.3. The Bertz CT molecular complexity index is 365. The fraction of sp³-hybridized carbons (Fsp3) is 0.154. The van der Waals surface area contributed by atoms with Gasteiger partial charge in [-0.15, -0.1) is 6.58 Å². The van der Waals surface area contributed by atoms with Gasteiger partial charge >= 0.3 is 5.97 Å². The van der Waals surface area contributed by atoms with Crippen molar-refractivity contribution in [2.24, 2.45) is 5.92 Å². The maximum Gasteiger partial charge on any atom is 0.343 e. The van der Waals surface area contributed by atoms with E-state index in [9.17, 15) is 4.79 Å². The Morgan fingerprint density at radius 3 is 2.53 bits per heavy atom. The van der Waals surface area contributed by atoms with Crippen LogP contribution in [0.4, 0.5) is 0 Å². The molecule has 0 fully saturated rings. The molecule has 1 rings (SSSR count). The maximum absolute atomic E-state index is 11.6. The van der Waals surface area contributed by atoms with Crippen LogP contribution in [0, 0.1) is 5.92 Å². The molecule has 1 unspecified atom stereocenters. The van der Waals surface area contributed by atoms with E-state index >= 15 is 0 Å². The molecular weight excluding hydrogens is 188 g/mol. The Balaban J connectivity index is 2.65. The first kappa shape index (κ1) is 11.2. The second kappa shape index (κ2) is 5.15. The van der Waals surface area contributed by atoms with Gasteiger partial charge in [-0.05, 0) is 12.1 Å². The van der Waals surface area contributed by atoms with Crippen molar-refractivity contribution in [3.63, 3.8) is 0 Å². The molecule has 15 heavy (non-hydrogen) atoms. The van der Waals surface area contributed by atoms with Crippen molar-refractivity contribution in [1.82, 2.24) is 0 Å². The summed E-state index contributed by atoms with van der Waals surface area (Å²) in [5.74, 6) is 0.00538. The molecule has 0 aliphatic carbocycles. The highest BCUT2D eigenvalue weighted by molar-refractivity contribution is 5.89. The molecule has 78 valence electrons. The lowest BCUT2D eigenvalue weighted by molar-refractivity contribution is 0.0604. The van der Waals surface area contributed by atoms with Crippen LogP contribution in [0.3, 0.4) is 0 Å². The lowest BCUT2D eigenvalue weighted by Crippen LogP contribution is -2.08. The van der Waals surface area contributed by atoms with Gasteiger partial charge in [-0.25, -0.2) is 4.79 Å². The van der Waals surface area contributed by atoms with Crippen LogP contribution < -0.4 is 0 Å². The molecule has 0 aliphatic heterocycles. The van der Waals surface area contributed by atoms with Crippen molar-refractivity contribution in [3.05, 3.63) is 60.9 Å². The predicted molar refractivity (Wildman–Crippen MR) is 60.4 cm³/mol. The first-order valence-corrected chi connectivity index (χ1v) is 4.73. The summed E-state index contributed by atoms with van der Waals surface area (Å²) < 4.78 is 5.08. The summed E-state index contributed by atoms with van der Waals surface area (Å²) in [7, 11) is 0. The van der Waals surface area contributed by atoms with Gasteiger partial charge in [0.2, 0.25) is 0 Å². The van der Waals surface area contributed by atoms with E-state index < -0.39 is 0 Å². The Morgan fingerprint density at radius 1 is 1.40 bits per heavy atom. The number of allylic oxidation sites excluding steroid dienone is 1. The average Bonchev–Trinajstić information content (AvgIpc) is 2.29. The van der Waals surface area contributed by atoms with Gasteiger partial charge in [-0.3, -0.25) is 0 Å². The van der Waals surface area contributed by atoms with Gasteiger partial charge in [-0.1, -0.05) is 37.8 Å². The molecule has 1 atom stereocenters. The molecule has 0 saturated heterocycles. The molecule has 0 amide bonds. The van der Waals surface area contributed by atoms with Crippen LogP contribution in [0.25, 0.3) is 0 Å². The average molecular weight is 202 g/mol. The Labute approximate surface area is 89.9 Å². The number of benzene rings is 1. The van der Waals surface area contributed by atoms with Crippen LogP contribution >= 0.6 is 0 Å². The number of esters is 1. The second-order valence-electron chi connectivity index (χ2n) is 3.25. The van der Waals surface area contributed by atoms with Crippen LogP contribution in [0.15, 0.2) is 55.3 Å². The summed E-state index contributed by atoms with van der Waals surface area (Å²) in [6, 6.07) is 8.83. The highest BCUT2D eigenvalue weighted by atomic mass is 16.5. The SMILES string of the molecule is C=CC(C)C(=C)OC(=O)c1ccccc1. The van der Waals surface area contributed by atoms with Crippen molar-refractivity contribution in [2.75, 3.05) is 0 Å². The summed E-state index contributed by atoms with van der Waals surface area (Å²) in [5.41, 5.74) is 0.523. The number of carbonyl (C=O) groups is 1. The Kier molecular flexibility index (Phi) is 3.86. The molecule has 0 N–H and O–H groups in total. The predicted octanol–water partition coefficient (Wildman–Crippen LogP) is 3.18. The van der Waals surface area contributed by atoms with Crippen LogP contribution in [0.5, 0.6) is 0 Å². The molecule has 0 aliphatic rings. The number of carbonyl (C=O) groups excluding carboxylic acids is 1. The quantitative estimate of drug-likeness (QED) is 0.426. The molecule has 0 spiro atoms. The lowest BCUT2D eigenvalue weighted by Gasteiger charge is -2.10. The maximum atomic E-state index is 11.6. The van der Waals surface area contributed by atoms with E-state index in [2.05, 4.69) is 13.2 Å². The third-order valence-corrected chi connectivity index (χ3v) is 2.09. The fourth-order valence-corrected chi connectivity index (χ4v) is 0.977. The standard InChI is InChI=1S/C13H14O2/c1-4-10(2)11(3)15-13(14)12-8-6-5-7-9-12/h4-10H,1,3H2,2H3. The van der Waals surface area contributed by atoms with Crippen LogP contribution in [0.1, 0.15) is 17.3 Å². The van der Waals surface area contributed by atoms with E-state index in [1.54, 1.807) is 30.3 Å². The van der Waals surface area contributed by atoms with E-state index in [4.69, 9.17) is 4.74 Å². The third kappa shape index (κ3) is 3.09. The monoisotopic (exact) mass is 202 g/mol. The second-order valence-corrected chi connectivity index (χ2v) is 3.25. The minimum absolute atomic E-state index is 0.0299. The number of hydrogen-bond donors (Lipinski definition) is 0. The Morgan fingerprint density at radius 2 is 2.00 bits per heavy atom. The number of ether oxygens (including phenoxy) is 1. The van der Waals surface area contributed by atoms with Gasteiger partial charge in [0.05, 0.1) is 5.56 Å². The van der Waals surface area contributed by atoms with Gasteiger partial charge in [-0.2, -0.15) is 0 Å². The minimum Gasteiger partial charge on any atom is -0.427 e. The van der Waals surface area contributed by atoms with Crippen molar-refractivity contribution in [1.29, 1.82) is 0 Å². The van der Waals surface area contributed by atoms with E-state index in [0.29, 0.717) is 11.3 Å². The summed E-state index contributed by atoms with van der Waals surface area (Å²) in [6.07, 6.45) is 1.68. The van der Waals surface area contributed by atoms with Gasteiger partial charge in [0.15, 0.2) is 0 Å². The van der Waals surface area contributed by atoms with E-state index in [0.717, 1.165) is 0 Å². The summed E-state index contributed by atoms with van der Waals surface area (Å²) >= 11 is 0. The first-order valence-electron chi connectivity index (χ1n) is 4.73. The third-order valence-electron chi connectivity index (χ3n) is 2.09. The smallest absolute Gasteiger partial charge is 0.343 e. The molecule has 0 bridgehead atoms. The van der Waals surface area contributed by atoms with E-state index in [1.807, 2.05) is 13.0 Å². The highest BCUT2D eigenvalue weighted by Crippen LogP contribution is 2.13. The highest BCUT2D eigenvalue weighted by Gasteiger charge is 2.11. The van der Waals surface area contributed by atoms with Crippen molar-refractivity contribution < 1.29 is 9.53 Å². The molecule has 0 radical (unpaired) electrons. The number of hydrogen-bond acceptors (Lipinski definition) is 2. The number of rotatable bonds is 4. The molecule has 0 saturated carbocycles. The molecular formula is C13H14O2. The van der Waals surface area contributed by atoms with Crippen LogP contribution in [-0.2, 0) is 4.74 Å². The van der Waals surface area contributed by atoms with Gasteiger partial charge < -0.3 is 4.74 Å². The zero-order valence-corrected chi connectivity index (χ0v) is 8.77. The van der Waals surface area contributed by atoms with Crippen LogP contribution in [-0.4, -0.2) is 5.97 Å². The first-order chi connectivity index (χ1) is 7.15. The summed E-state index contributed by atoms with van der Waals surface area (Å²) in [6.45, 7) is 9.15. The lowest BCUT2D eigenvalue weighted by atomic mass is 10.1. The van der Waals surface area contributed by atoms with E-state index in [1.165, 1.54) is 0 Å². The van der Waals surface area contributed by atoms with Crippen LogP contribution in [0.2, 0.25) is 0 Å². The summed E-state index contributed by atoms with van der Waals surface area (Å²) in [5, 5.41) is 0. The molecule has 1 aromatic carbocycles. The Hall–Kier alpha value is -1.83. The topological polar surface area (TPSA) is 26.3 Å². The molecule has 2 heteroatoms. The molecule has 0 aromatic heterocycles. The molecule has 0 heterocycles. The molecule has 2 nitrogen and oxygen atoms in total. The van der Waals surface area contributed by atoms with Gasteiger partial charge in [0, 0.05) is 5.92 Å². The van der Waals surface area contributed by atoms with Crippen molar-refractivity contribution in [2.45, 2.75) is 6.92 Å². The molecule has 1 aromatic rings. The largest absolute Gasteiger partial charge is 0.427 e. The fourth-order valence-electron chi connectivity index (χ4n) is 0.977. The van der Waals surface area contributed by atoms with Crippen molar-refractivity contribution in [3.8, 4) is 0 Å². The van der Waals surface area contributed by atoms with E-state index in [-0.39, 0.29) is 11.9 Å². The van der Waals surface area contributed by atoms with Gasteiger partial charge in [0.25, 0.3) is 0 Å². The summed E-state index contributed by atoms with van der Waals surface area (Å²) in [4.78, 5) is 11.6. The van der Waals surface area contributed by atoms with Gasteiger partial charge in [0.1, 0.15) is 5.76 Å². The normalized spacial score (nSPS) is 11.5.